The number of hydrogen-bond donors (Lipinski definition) is 1. The normalized spacial score (nSPS) is 14.2. The lowest BCUT2D eigenvalue weighted by Gasteiger charge is -2.30. The minimum atomic E-state index is -0.931. The van der Waals surface area contributed by atoms with Crippen LogP contribution >= 0.6 is 15.9 Å². The van der Waals surface area contributed by atoms with Gasteiger partial charge in [-0.1, -0.05) is 58.7 Å². The molecular weight excluding hydrogens is 300 g/mol. The van der Waals surface area contributed by atoms with Gasteiger partial charge < -0.3 is 5.11 Å². The molecule has 0 aromatic heterocycles. The van der Waals surface area contributed by atoms with Crippen LogP contribution in [0.1, 0.15) is 35.6 Å². The predicted octanol–water partition coefficient (Wildman–Crippen LogP) is 4.71. The van der Waals surface area contributed by atoms with E-state index in [1.165, 1.54) is 5.56 Å². The Labute approximate surface area is 123 Å². The van der Waals surface area contributed by atoms with Crippen LogP contribution in [0.2, 0.25) is 0 Å². The molecule has 1 N–H and O–H groups in total. The lowest BCUT2D eigenvalue weighted by atomic mass is 9.81. The van der Waals surface area contributed by atoms with Crippen LogP contribution in [0.25, 0.3) is 0 Å². The summed E-state index contributed by atoms with van der Waals surface area (Å²) in [5, 5.41) is 11.2. The molecular formula is C17H19BrO. The lowest BCUT2D eigenvalue weighted by molar-refractivity contribution is 0.0757. The largest absolute Gasteiger partial charge is 0.380 e. The summed E-state index contributed by atoms with van der Waals surface area (Å²) in [5.41, 5.74) is 3.28. The third kappa shape index (κ3) is 2.75. The molecule has 0 aliphatic carbocycles. The minimum Gasteiger partial charge on any atom is -0.380 e. The van der Waals surface area contributed by atoms with Crippen molar-refractivity contribution in [2.24, 2.45) is 0 Å². The van der Waals surface area contributed by atoms with Gasteiger partial charge in [-0.05, 0) is 49.1 Å². The van der Waals surface area contributed by atoms with Crippen LogP contribution in [0.3, 0.4) is 0 Å². The van der Waals surface area contributed by atoms with E-state index in [0.717, 1.165) is 21.2 Å². The summed E-state index contributed by atoms with van der Waals surface area (Å²) >= 11 is 3.48. The fourth-order valence-electron chi connectivity index (χ4n) is 2.48. The predicted molar refractivity (Wildman–Crippen MR) is 83.3 cm³/mol. The maximum atomic E-state index is 11.2. The van der Waals surface area contributed by atoms with Gasteiger partial charge >= 0.3 is 0 Å². The summed E-state index contributed by atoms with van der Waals surface area (Å²) in [4.78, 5) is 0. The Hall–Kier alpha value is -1.12. The molecule has 0 saturated heterocycles. The molecule has 2 rings (SSSR count). The summed E-state index contributed by atoms with van der Waals surface area (Å²) in [7, 11) is 0. The van der Waals surface area contributed by atoms with Crippen LogP contribution in [0, 0.1) is 13.8 Å². The first-order valence-electron chi connectivity index (χ1n) is 6.53. The van der Waals surface area contributed by atoms with Gasteiger partial charge in [-0.25, -0.2) is 0 Å². The molecule has 100 valence electrons. The topological polar surface area (TPSA) is 20.2 Å². The molecule has 0 saturated carbocycles. The third-order valence-corrected chi connectivity index (χ3v) is 4.15. The lowest BCUT2D eigenvalue weighted by Crippen LogP contribution is -2.27. The highest BCUT2D eigenvalue weighted by Crippen LogP contribution is 2.36. The molecule has 0 aliphatic rings. The summed E-state index contributed by atoms with van der Waals surface area (Å²) in [6, 6.07) is 14.1. The van der Waals surface area contributed by atoms with E-state index >= 15 is 0 Å². The molecule has 1 unspecified atom stereocenters. The van der Waals surface area contributed by atoms with E-state index < -0.39 is 5.60 Å². The van der Waals surface area contributed by atoms with Crippen molar-refractivity contribution in [3.05, 3.63) is 69.2 Å². The van der Waals surface area contributed by atoms with Crippen LogP contribution in [0.4, 0.5) is 0 Å². The Morgan fingerprint density at radius 1 is 1.11 bits per heavy atom. The van der Waals surface area contributed by atoms with Gasteiger partial charge in [0.15, 0.2) is 0 Å². The molecule has 0 fully saturated rings. The average Bonchev–Trinajstić information content (AvgIpc) is 2.40. The third-order valence-electron chi connectivity index (χ3n) is 3.65. The summed E-state index contributed by atoms with van der Waals surface area (Å²) in [5.74, 6) is 0. The van der Waals surface area contributed by atoms with Crippen LogP contribution in [-0.2, 0) is 5.60 Å². The number of hydrogen-bond acceptors (Lipinski definition) is 1. The molecule has 2 aromatic rings. The molecule has 19 heavy (non-hydrogen) atoms. The van der Waals surface area contributed by atoms with Crippen LogP contribution in [0.5, 0.6) is 0 Å². The van der Waals surface area contributed by atoms with E-state index in [2.05, 4.69) is 41.1 Å². The van der Waals surface area contributed by atoms with Crippen molar-refractivity contribution >= 4 is 15.9 Å². The Balaban J connectivity index is 2.62. The molecule has 0 amide bonds. The molecule has 0 radical (unpaired) electrons. The zero-order chi connectivity index (χ0) is 14.0. The van der Waals surface area contributed by atoms with Crippen molar-refractivity contribution in [3.8, 4) is 0 Å². The van der Waals surface area contributed by atoms with Gasteiger partial charge in [0, 0.05) is 4.47 Å². The van der Waals surface area contributed by atoms with Crippen molar-refractivity contribution in [1.82, 2.24) is 0 Å². The number of aryl methyl sites for hydroxylation is 2. The second-order valence-electron chi connectivity index (χ2n) is 5.04. The van der Waals surface area contributed by atoms with E-state index in [9.17, 15) is 5.11 Å². The van der Waals surface area contributed by atoms with E-state index in [1.54, 1.807) is 0 Å². The summed E-state index contributed by atoms with van der Waals surface area (Å²) in [6.45, 7) is 6.12. The van der Waals surface area contributed by atoms with Gasteiger partial charge in [0.25, 0.3) is 0 Å². The van der Waals surface area contributed by atoms with Gasteiger partial charge in [0.05, 0.1) is 0 Å². The Morgan fingerprint density at radius 2 is 1.84 bits per heavy atom. The van der Waals surface area contributed by atoms with E-state index in [4.69, 9.17) is 0 Å². The number of halogens is 1. The first-order chi connectivity index (χ1) is 8.97. The maximum Gasteiger partial charge on any atom is 0.115 e. The van der Waals surface area contributed by atoms with Crippen molar-refractivity contribution in [2.75, 3.05) is 0 Å². The Morgan fingerprint density at radius 3 is 2.47 bits per heavy atom. The molecule has 1 nitrogen and oxygen atoms in total. The zero-order valence-electron chi connectivity index (χ0n) is 11.6. The van der Waals surface area contributed by atoms with E-state index in [0.29, 0.717) is 6.42 Å². The monoisotopic (exact) mass is 318 g/mol. The van der Waals surface area contributed by atoms with Gasteiger partial charge in [-0.15, -0.1) is 0 Å². The quantitative estimate of drug-likeness (QED) is 0.868. The minimum absolute atomic E-state index is 0.647. The molecule has 0 heterocycles. The number of aliphatic hydroxyl groups is 1. The number of benzene rings is 2. The second kappa shape index (κ2) is 5.48. The Kier molecular flexibility index (Phi) is 4.12. The summed E-state index contributed by atoms with van der Waals surface area (Å²) < 4.78 is 0.988. The van der Waals surface area contributed by atoms with E-state index in [1.807, 2.05) is 38.1 Å². The van der Waals surface area contributed by atoms with Gasteiger partial charge in [-0.3, -0.25) is 0 Å². The van der Waals surface area contributed by atoms with Gasteiger partial charge in [-0.2, -0.15) is 0 Å². The van der Waals surface area contributed by atoms with E-state index in [-0.39, 0.29) is 0 Å². The highest BCUT2D eigenvalue weighted by atomic mass is 79.9. The van der Waals surface area contributed by atoms with Crippen LogP contribution in [-0.4, -0.2) is 5.11 Å². The fraction of sp³-hybridized carbons (Fsp3) is 0.294. The molecule has 0 aliphatic heterocycles. The second-order valence-corrected chi connectivity index (χ2v) is 5.96. The van der Waals surface area contributed by atoms with Gasteiger partial charge in [0.2, 0.25) is 0 Å². The Bertz CT molecular complexity index is 592. The molecule has 1 atom stereocenters. The van der Waals surface area contributed by atoms with Crippen molar-refractivity contribution in [3.63, 3.8) is 0 Å². The molecule has 2 heteroatoms. The smallest absolute Gasteiger partial charge is 0.115 e. The van der Waals surface area contributed by atoms with Crippen LogP contribution in [0.15, 0.2) is 46.9 Å². The maximum absolute atomic E-state index is 11.2. The fourth-order valence-corrected chi connectivity index (χ4v) is 2.88. The molecule has 2 aromatic carbocycles. The highest BCUT2D eigenvalue weighted by molar-refractivity contribution is 9.10. The number of rotatable bonds is 3. The first-order valence-corrected chi connectivity index (χ1v) is 7.33. The van der Waals surface area contributed by atoms with Crippen LogP contribution < -0.4 is 0 Å². The van der Waals surface area contributed by atoms with Crippen molar-refractivity contribution in [2.45, 2.75) is 32.8 Å². The average molecular weight is 319 g/mol. The standard InChI is InChI=1S/C17H19BrO/c1-4-17(19,14-6-5-7-15(18)11-14)16-10-12(2)8-9-13(16)3/h5-11,19H,4H2,1-3H3. The zero-order valence-corrected chi connectivity index (χ0v) is 13.2. The first kappa shape index (κ1) is 14.3. The summed E-state index contributed by atoms with van der Waals surface area (Å²) in [6.07, 6.45) is 0.647. The SMILES string of the molecule is CCC(O)(c1cccc(Br)c1)c1cc(C)ccc1C. The molecule has 0 bridgehead atoms. The van der Waals surface area contributed by atoms with Crippen molar-refractivity contribution in [1.29, 1.82) is 0 Å². The van der Waals surface area contributed by atoms with Crippen molar-refractivity contribution < 1.29 is 5.11 Å². The van der Waals surface area contributed by atoms with Gasteiger partial charge in [0.1, 0.15) is 5.60 Å². The highest BCUT2D eigenvalue weighted by Gasteiger charge is 2.31. The molecule has 0 spiro atoms.